The Hall–Kier alpha value is -1.59. The van der Waals surface area contributed by atoms with Crippen molar-refractivity contribution in [3.8, 4) is 0 Å². The van der Waals surface area contributed by atoms with E-state index in [4.69, 9.17) is 5.73 Å². The monoisotopic (exact) mass is 332 g/mol. The minimum atomic E-state index is -0.0810. The molecule has 2 aliphatic rings. The molecule has 1 heterocycles. The summed E-state index contributed by atoms with van der Waals surface area (Å²) in [6.07, 6.45) is 8.85. The number of hydrogen-bond acceptors (Lipinski definition) is 3. The van der Waals surface area contributed by atoms with Gasteiger partial charge >= 0.3 is 6.03 Å². The molecule has 0 spiro atoms. The molecule has 0 aromatic heterocycles. The maximum atomic E-state index is 11.6. The van der Waals surface area contributed by atoms with Gasteiger partial charge in [-0.3, -0.25) is 0 Å². The van der Waals surface area contributed by atoms with E-state index in [0.717, 1.165) is 31.5 Å². The summed E-state index contributed by atoms with van der Waals surface area (Å²) in [6.45, 7) is 2.51. The van der Waals surface area contributed by atoms with E-state index < -0.39 is 0 Å². The van der Waals surface area contributed by atoms with Crippen LogP contribution >= 0.6 is 0 Å². The Labute approximate surface area is 145 Å². The van der Waals surface area contributed by atoms with Gasteiger partial charge < -0.3 is 21.7 Å². The summed E-state index contributed by atoms with van der Waals surface area (Å²) in [5, 5.41) is 9.12. The maximum Gasteiger partial charge on any atom is 0.315 e. The van der Waals surface area contributed by atoms with Crippen LogP contribution in [0.5, 0.6) is 0 Å². The van der Waals surface area contributed by atoms with Crippen LogP contribution in [0.1, 0.15) is 50.5 Å². The average molecular weight is 332 g/mol. The minimum absolute atomic E-state index is 0.0810. The Bertz CT molecular complexity index is 454. The number of amides is 2. The number of benzene rings is 1. The van der Waals surface area contributed by atoms with Gasteiger partial charge in [-0.25, -0.2) is 4.79 Å². The van der Waals surface area contributed by atoms with E-state index >= 15 is 0 Å². The molecule has 2 fully saturated rings. The average Bonchev–Trinajstić information content (AvgIpc) is 2.63. The van der Waals surface area contributed by atoms with E-state index in [9.17, 15) is 4.79 Å². The quantitative estimate of drug-likeness (QED) is 0.687. The first-order valence-electron chi connectivity index (χ1n) is 9.28. The topological polar surface area (TPSA) is 79.2 Å². The van der Waals surface area contributed by atoms with Crippen molar-refractivity contribution in [3.63, 3.8) is 0 Å². The molecule has 5 heteroatoms. The number of nitrogens with one attached hydrogen (secondary N) is 3. The van der Waals surface area contributed by atoms with E-state index in [2.05, 4.69) is 16.0 Å². The number of rotatable bonds is 3. The number of hydrogen-bond donors (Lipinski definition) is 4. The first-order chi connectivity index (χ1) is 11.7. The summed E-state index contributed by atoms with van der Waals surface area (Å²) in [6, 6.07) is 10.6. The van der Waals surface area contributed by atoms with Crippen LogP contribution in [0.15, 0.2) is 30.3 Å². The molecule has 1 saturated heterocycles. The SMILES string of the molecule is NC1CCCCC1.O=C(NCc1ccccc1)NC1CCCNC1. The summed E-state index contributed by atoms with van der Waals surface area (Å²) >= 11 is 0. The summed E-state index contributed by atoms with van der Waals surface area (Å²) < 4.78 is 0. The molecule has 0 bridgehead atoms. The van der Waals surface area contributed by atoms with Crippen molar-refractivity contribution in [2.24, 2.45) is 5.73 Å². The smallest absolute Gasteiger partial charge is 0.315 e. The Morgan fingerprint density at radius 3 is 2.42 bits per heavy atom. The third-order valence-corrected chi connectivity index (χ3v) is 4.58. The van der Waals surface area contributed by atoms with E-state index in [0.29, 0.717) is 12.6 Å². The van der Waals surface area contributed by atoms with Crippen molar-refractivity contribution in [3.05, 3.63) is 35.9 Å². The normalized spacial score (nSPS) is 21.3. The fraction of sp³-hybridized carbons (Fsp3) is 0.632. The molecule has 1 saturated carbocycles. The third kappa shape index (κ3) is 7.79. The van der Waals surface area contributed by atoms with Gasteiger partial charge in [0, 0.05) is 25.2 Å². The largest absolute Gasteiger partial charge is 0.334 e. The van der Waals surface area contributed by atoms with Crippen LogP contribution in [0.4, 0.5) is 4.79 Å². The van der Waals surface area contributed by atoms with Crippen LogP contribution in [0.2, 0.25) is 0 Å². The molecule has 24 heavy (non-hydrogen) atoms. The van der Waals surface area contributed by atoms with E-state index in [-0.39, 0.29) is 12.1 Å². The van der Waals surface area contributed by atoms with Gasteiger partial charge in [-0.1, -0.05) is 49.6 Å². The molecular weight excluding hydrogens is 300 g/mol. The molecule has 1 aromatic rings. The van der Waals surface area contributed by atoms with Crippen molar-refractivity contribution in [2.45, 2.75) is 63.6 Å². The molecule has 1 aliphatic heterocycles. The Morgan fingerprint density at radius 1 is 1.08 bits per heavy atom. The molecule has 2 amide bonds. The maximum absolute atomic E-state index is 11.6. The summed E-state index contributed by atoms with van der Waals surface area (Å²) in [5.41, 5.74) is 6.75. The lowest BCUT2D eigenvalue weighted by Gasteiger charge is -2.23. The predicted molar refractivity (Wildman–Crippen MR) is 98.8 cm³/mol. The van der Waals surface area contributed by atoms with E-state index in [1.54, 1.807) is 0 Å². The zero-order chi connectivity index (χ0) is 17.0. The second-order valence-electron chi connectivity index (χ2n) is 6.75. The predicted octanol–water partition coefficient (Wildman–Crippen LogP) is 2.52. The molecular formula is C19H32N4O. The standard InChI is InChI=1S/C13H19N3O.C6H13N/c17-13(16-12-7-4-8-14-10-12)15-9-11-5-2-1-3-6-11;7-6-4-2-1-3-5-6/h1-3,5-6,12,14H,4,7-10H2,(H2,15,16,17);6H,1-5,7H2. The van der Waals surface area contributed by atoms with Gasteiger partial charge in [0.15, 0.2) is 0 Å². The fourth-order valence-electron chi connectivity index (χ4n) is 3.12. The molecule has 5 nitrogen and oxygen atoms in total. The van der Waals surface area contributed by atoms with Gasteiger partial charge in [0.1, 0.15) is 0 Å². The highest BCUT2D eigenvalue weighted by Crippen LogP contribution is 2.14. The van der Waals surface area contributed by atoms with Crippen molar-refractivity contribution in [2.75, 3.05) is 13.1 Å². The van der Waals surface area contributed by atoms with Gasteiger partial charge in [-0.05, 0) is 37.8 Å². The van der Waals surface area contributed by atoms with Crippen molar-refractivity contribution in [1.29, 1.82) is 0 Å². The van der Waals surface area contributed by atoms with Gasteiger partial charge in [0.2, 0.25) is 0 Å². The van der Waals surface area contributed by atoms with Crippen LogP contribution in [-0.4, -0.2) is 31.2 Å². The van der Waals surface area contributed by atoms with Crippen molar-refractivity contribution >= 4 is 6.03 Å². The lowest BCUT2D eigenvalue weighted by Crippen LogP contribution is -2.48. The van der Waals surface area contributed by atoms with E-state index in [1.165, 1.54) is 32.1 Å². The summed E-state index contributed by atoms with van der Waals surface area (Å²) in [5.74, 6) is 0. The Morgan fingerprint density at radius 2 is 1.83 bits per heavy atom. The van der Waals surface area contributed by atoms with Crippen LogP contribution in [0.3, 0.4) is 0 Å². The molecule has 3 rings (SSSR count). The van der Waals surface area contributed by atoms with Gasteiger partial charge in [-0.15, -0.1) is 0 Å². The second kappa shape index (κ2) is 11.0. The number of urea groups is 1. The van der Waals surface area contributed by atoms with Crippen molar-refractivity contribution < 1.29 is 4.79 Å². The Kier molecular flexibility index (Phi) is 8.63. The van der Waals surface area contributed by atoms with Gasteiger partial charge in [-0.2, -0.15) is 0 Å². The lowest BCUT2D eigenvalue weighted by molar-refractivity contribution is 0.233. The summed E-state index contributed by atoms with van der Waals surface area (Å²) in [7, 11) is 0. The molecule has 1 aliphatic carbocycles. The van der Waals surface area contributed by atoms with Gasteiger partial charge in [0.25, 0.3) is 0 Å². The highest BCUT2D eigenvalue weighted by atomic mass is 16.2. The number of nitrogens with two attached hydrogens (primary N) is 1. The van der Waals surface area contributed by atoms with Gasteiger partial charge in [0.05, 0.1) is 0 Å². The minimum Gasteiger partial charge on any atom is -0.334 e. The highest BCUT2D eigenvalue weighted by molar-refractivity contribution is 5.74. The molecule has 1 unspecified atom stereocenters. The van der Waals surface area contributed by atoms with Crippen molar-refractivity contribution in [1.82, 2.24) is 16.0 Å². The molecule has 1 atom stereocenters. The third-order valence-electron chi connectivity index (χ3n) is 4.58. The first-order valence-corrected chi connectivity index (χ1v) is 9.28. The van der Waals surface area contributed by atoms with Crippen LogP contribution < -0.4 is 21.7 Å². The van der Waals surface area contributed by atoms with Crippen LogP contribution in [0, 0.1) is 0 Å². The number of carbonyl (C=O) groups excluding carboxylic acids is 1. The van der Waals surface area contributed by atoms with Crippen LogP contribution in [0.25, 0.3) is 0 Å². The number of piperidine rings is 1. The lowest BCUT2D eigenvalue weighted by atomic mass is 9.97. The van der Waals surface area contributed by atoms with Crippen LogP contribution in [-0.2, 0) is 6.54 Å². The Balaban J connectivity index is 0.000000249. The zero-order valence-corrected chi connectivity index (χ0v) is 14.6. The molecule has 0 radical (unpaired) electrons. The summed E-state index contributed by atoms with van der Waals surface area (Å²) in [4.78, 5) is 11.6. The second-order valence-corrected chi connectivity index (χ2v) is 6.75. The molecule has 5 N–H and O–H groups in total. The van der Waals surface area contributed by atoms with E-state index in [1.807, 2.05) is 30.3 Å². The number of carbonyl (C=O) groups is 1. The molecule has 134 valence electrons. The molecule has 1 aromatic carbocycles. The fourth-order valence-corrected chi connectivity index (χ4v) is 3.12. The zero-order valence-electron chi connectivity index (χ0n) is 14.6. The first kappa shape index (κ1) is 18.7. The highest BCUT2D eigenvalue weighted by Gasteiger charge is 2.14.